The zero-order valence-corrected chi connectivity index (χ0v) is 20.5. The SMILES string of the molecule is CCNC(=NCc1ccc(S(C)(=O)=O)c(C)c1)NCc1ccc(COC)cc1.I. The van der Waals surface area contributed by atoms with Crippen molar-refractivity contribution in [2.24, 2.45) is 4.99 Å². The molecule has 29 heavy (non-hydrogen) atoms. The minimum absolute atomic E-state index is 0. The molecule has 0 radical (unpaired) electrons. The summed E-state index contributed by atoms with van der Waals surface area (Å²) in [6.07, 6.45) is 1.22. The topological polar surface area (TPSA) is 79.8 Å². The fraction of sp³-hybridized carbons (Fsp3) is 0.381. The Morgan fingerprint density at radius 1 is 1.03 bits per heavy atom. The first-order valence-corrected chi connectivity index (χ1v) is 11.1. The molecule has 0 amide bonds. The molecule has 0 aliphatic heterocycles. The highest BCUT2D eigenvalue weighted by molar-refractivity contribution is 14.0. The van der Waals surface area contributed by atoms with Crippen molar-refractivity contribution in [2.45, 2.75) is 38.4 Å². The maximum atomic E-state index is 11.7. The molecule has 0 aliphatic carbocycles. The van der Waals surface area contributed by atoms with Crippen LogP contribution < -0.4 is 10.6 Å². The number of nitrogens with one attached hydrogen (secondary N) is 2. The molecule has 0 aliphatic rings. The molecule has 2 N–H and O–H groups in total. The number of halogens is 1. The number of hydrogen-bond acceptors (Lipinski definition) is 4. The number of guanidine groups is 1. The Hall–Kier alpha value is -1.65. The van der Waals surface area contributed by atoms with E-state index in [9.17, 15) is 8.42 Å². The van der Waals surface area contributed by atoms with E-state index in [1.807, 2.05) is 19.1 Å². The summed E-state index contributed by atoms with van der Waals surface area (Å²) in [5.74, 6) is 0.716. The molecule has 0 spiro atoms. The van der Waals surface area contributed by atoms with Gasteiger partial charge in [0.2, 0.25) is 0 Å². The van der Waals surface area contributed by atoms with Gasteiger partial charge in [0.05, 0.1) is 18.0 Å². The molecule has 2 rings (SSSR count). The van der Waals surface area contributed by atoms with Crippen LogP contribution in [0.5, 0.6) is 0 Å². The third-order valence-electron chi connectivity index (χ3n) is 4.20. The van der Waals surface area contributed by atoms with Crippen LogP contribution in [0.3, 0.4) is 0 Å². The van der Waals surface area contributed by atoms with E-state index in [0.29, 0.717) is 30.6 Å². The van der Waals surface area contributed by atoms with Crippen molar-refractivity contribution in [1.82, 2.24) is 10.6 Å². The van der Waals surface area contributed by atoms with Crippen molar-refractivity contribution in [3.63, 3.8) is 0 Å². The van der Waals surface area contributed by atoms with Gasteiger partial charge >= 0.3 is 0 Å². The molecule has 0 unspecified atom stereocenters. The molecular formula is C21H30IN3O3S. The molecule has 2 aromatic carbocycles. The van der Waals surface area contributed by atoms with Gasteiger partial charge in [0.1, 0.15) is 0 Å². The normalized spacial score (nSPS) is 11.7. The quantitative estimate of drug-likeness (QED) is 0.310. The van der Waals surface area contributed by atoms with Crippen molar-refractivity contribution in [1.29, 1.82) is 0 Å². The minimum Gasteiger partial charge on any atom is -0.380 e. The van der Waals surface area contributed by atoms with Crippen molar-refractivity contribution in [3.8, 4) is 0 Å². The Balaban J connectivity index is 0.00000420. The fourth-order valence-electron chi connectivity index (χ4n) is 2.84. The van der Waals surface area contributed by atoms with Gasteiger partial charge < -0.3 is 15.4 Å². The predicted octanol–water partition coefficient (Wildman–Crippen LogP) is 3.42. The van der Waals surface area contributed by atoms with Gasteiger partial charge in [0.25, 0.3) is 0 Å². The van der Waals surface area contributed by atoms with Crippen LogP contribution in [0.15, 0.2) is 52.4 Å². The first-order valence-electron chi connectivity index (χ1n) is 9.22. The average molecular weight is 531 g/mol. The maximum absolute atomic E-state index is 11.7. The van der Waals surface area contributed by atoms with Gasteiger partial charge in [0.15, 0.2) is 15.8 Å². The molecule has 6 nitrogen and oxygen atoms in total. The Bertz CT molecular complexity index is 913. The van der Waals surface area contributed by atoms with Crippen LogP contribution in [0, 0.1) is 6.92 Å². The van der Waals surface area contributed by atoms with Gasteiger partial charge in [0, 0.05) is 26.5 Å². The van der Waals surface area contributed by atoms with Gasteiger partial charge in [-0.3, -0.25) is 0 Å². The van der Waals surface area contributed by atoms with Gasteiger partial charge in [-0.1, -0.05) is 36.4 Å². The van der Waals surface area contributed by atoms with Gasteiger partial charge in [-0.2, -0.15) is 0 Å². The lowest BCUT2D eigenvalue weighted by Gasteiger charge is -2.12. The summed E-state index contributed by atoms with van der Waals surface area (Å²) in [4.78, 5) is 4.97. The highest BCUT2D eigenvalue weighted by Gasteiger charge is 2.10. The van der Waals surface area contributed by atoms with Gasteiger partial charge in [-0.05, 0) is 42.2 Å². The molecule has 0 heterocycles. The monoisotopic (exact) mass is 531 g/mol. The first kappa shape index (κ1) is 25.4. The predicted molar refractivity (Wildman–Crippen MR) is 129 cm³/mol. The zero-order chi connectivity index (χ0) is 20.6. The second-order valence-corrected chi connectivity index (χ2v) is 8.65. The molecule has 0 aromatic heterocycles. The lowest BCUT2D eigenvalue weighted by atomic mass is 10.1. The van der Waals surface area contributed by atoms with E-state index in [0.717, 1.165) is 28.8 Å². The average Bonchev–Trinajstić information content (AvgIpc) is 2.64. The number of sulfone groups is 1. The van der Waals surface area contributed by atoms with Crippen LogP contribution in [-0.2, 0) is 34.3 Å². The Kier molecular flexibility index (Phi) is 10.6. The van der Waals surface area contributed by atoms with Crippen LogP contribution in [0.25, 0.3) is 0 Å². The maximum Gasteiger partial charge on any atom is 0.191 e. The molecule has 0 fully saturated rings. The van der Waals surface area contributed by atoms with Crippen molar-refractivity contribution in [2.75, 3.05) is 19.9 Å². The van der Waals surface area contributed by atoms with E-state index in [4.69, 9.17) is 4.74 Å². The summed E-state index contributed by atoms with van der Waals surface area (Å²) in [6, 6.07) is 13.6. The molecule has 0 saturated carbocycles. The third-order valence-corrected chi connectivity index (χ3v) is 5.45. The number of hydrogen-bond donors (Lipinski definition) is 2. The molecule has 0 atom stereocenters. The number of aliphatic imine (C=N–C) groups is 1. The van der Waals surface area contributed by atoms with Gasteiger partial charge in [-0.15, -0.1) is 24.0 Å². The summed E-state index contributed by atoms with van der Waals surface area (Å²) in [6.45, 7) is 6.31. The lowest BCUT2D eigenvalue weighted by molar-refractivity contribution is 0.185. The third kappa shape index (κ3) is 8.31. The second-order valence-electron chi connectivity index (χ2n) is 6.67. The van der Waals surface area contributed by atoms with E-state index in [2.05, 4.69) is 39.9 Å². The molecular weight excluding hydrogens is 501 g/mol. The number of aryl methyl sites for hydroxylation is 1. The lowest BCUT2D eigenvalue weighted by Crippen LogP contribution is -2.36. The minimum atomic E-state index is -3.20. The Morgan fingerprint density at radius 2 is 1.66 bits per heavy atom. The molecule has 2 aromatic rings. The van der Waals surface area contributed by atoms with Crippen molar-refractivity contribution in [3.05, 3.63) is 64.7 Å². The number of benzene rings is 2. The molecule has 0 bridgehead atoms. The van der Waals surface area contributed by atoms with E-state index in [1.165, 1.54) is 6.26 Å². The van der Waals surface area contributed by atoms with Crippen LogP contribution in [0.2, 0.25) is 0 Å². The van der Waals surface area contributed by atoms with Crippen LogP contribution in [0.4, 0.5) is 0 Å². The number of rotatable bonds is 8. The summed E-state index contributed by atoms with van der Waals surface area (Å²) in [5, 5.41) is 6.55. The van der Waals surface area contributed by atoms with Crippen molar-refractivity contribution >= 4 is 39.8 Å². The fourth-order valence-corrected chi connectivity index (χ4v) is 3.80. The van der Waals surface area contributed by atoms with E-state index in [-0.39, 0.29) is 24.0 Å². The van der Waals surface area contributed by atoms with E-state index < -0.39 is 9.84 Å². The molecule has 8 heteroatoms. The first-order chi connectivity index (χ1) is 13.3. The Morgan fingerprint density at radius 3 is 2.21 bits per heavy atom. The highest BCUT2D eigenvalue weighted by Crippen LogP contribution is 2.17. The summed E-state index contributed by atoms with van der Waals surface area (Å²) < 4.78 is 28.6. The summed E-state index contributed by atoms with van der Waals surface area (Å²) >= 11 is 0. The zero-order valence-electron chi connectivity index (χ0n) is 17.4. The molecule has 160 valence electrons. The number of nitrogens with zero attached hydrogens (tertiary/aromatic N) is 1. The summed E-state index contributed by atoms with van der Waals surface area (Å²) in [5.41, 5.74) is 3.99. The standard InChI is InChI=1S/C21H29N3O3S.HI/c1-5-22-21(23-13-17-6-8-18(9-7-17)15-27-3)24-14-19-10-11-20(16(2)12-19)28(4,25)26;/h6-12H,5,13-15H2,1-4H3,(H2,22,23,24);1H. The number of ether oxygens (including phenoxy) is 1. The molecule has 0 saturated heterocycles. The van der Waals surface area contributed by atoms with Gasteiger partial charge in [-0.25, -0.2) is 13.4 Å². The van der Waals surface area contributed by atoms with Crippen LogP contribution in [-0.4, -0.2) is 34.3 Å². The van der Waals surface area contributed by atoms with E-state index in [1.54, 1.807) is 20.1 Å². The Labute approximate surface area is 191 Å². The summed E-state index contributed by atoms with van der Waals surface area (Å²) in [7, 11) is -1.52. The van der Waals surface area contributed by atoms with E-state index >= 15 is 0 Å². The van der Waals surface area contributed by atoms with Crippen molar-refractivity contribution < 1.29 is 13.2 Å². The number of methoxy groups -OCH3 is 1. The van der Waals surface area contributed by atoms with Crippen LogP contribution >= 0.6 is 24.0 Å². The highest BCUT2D eigenvalue weighted by atomic mass is 127. The largest absolute Gasteiger partial charge is 0.380 e. The van der Waals surface area contributed by atoms with Crippen LogP contribution in [0.1, 0.15) is 29.2 Å². The smallest absolute Gasteiger partial charge is 0.191 e. The second kappa shape index (κ2) is 12.1.